The van der Waals surface area contributed by atoms with E-state index in [0.717, 1.165) is 0 Å². The molecule has 0 aromatic rings. The summed E-state index contributed by atoms with van der Waals surface area (Å²) >= 11 is 1.72. The number of hydrogen-bond acceptors (Lipinski definition) is 5. The Hall–Kier alpha value is -1.28. The number of nitrogens with two attached hydrogens (primary N) is 1. The first-order chi connectivity index (χ1) is 10.3. The van der Waals surface area contributed by atoms with Crippen LogP contribution in [0.4, 0.5) is 0 Å². The first-order valence-electron chi connectivity index (χ1n) is 7.56. The van der Waals surface area contributed by atoms with Gasteiger partial charge in [-0.1, -0.05) is 0 Å². The van der Waals surface area contributed by atoms with E-state index in [1.54, 1.807) is 18.7 Å². The third-order valence-electron chi connectivity index (χ3n) is 4.13. The van der Waals surface area contributed by atoms with Crippen LogP contribution in [0.5, 0.6) is 0 Å². The first kappa shape index (κ1) is 19.8. The molecule has 8 heteroatoms. The standard InChI is InChI=1S/C15H27N3O4S/c1-8(11(21)17-6)18(12(22)9(16)7-10(19)20)13-14(2,3)23-15(13,4)5/h8-9,13H,7,16H2,1-6H3,(H,17,21)(H,19,20)/t8-,9+/m1/s1. The average Bonchev–Trinajstić information content (AvgIpc) is 2.39. The fourth-order valence-electron chi connectivity index (χ4n) is 3.58. The van der Waals surface area contributed by atoms with Gasteiger partial charge in [0.25, 0.3) is 0 Å². The molecule has 1 rings (SSSR count). The molecule has 1 aliphatic rings. The van der Waals surface area contributed by atoms with Crippen molar-refractivity contribution >= 4 is 29.5 Å². The molecule has 7 nitrogen and oxygen atoms in total. The second-order valence-corrected chi connectivity index (χ2v) is 9.26. The minimum Gasteiger partial charge on any atom is -0.481 e. The van der Waals surface area contributed by atoms with Gasteiger partial charge in [0.1, 0.15) is 6.04 Å². The van der Waals surface area contributed by atoms with E-state index in [0.29, 0.717) is 0 Å². The van der Waals surface area contributed by atoms with Crippen molar-refractivity contribution < 1.29 is 19.5 Å². The van der Waals surface area contributed by atoms with Gasteiger partial charge in [-0.2, -0.15) is 0 Å². The minimum atomic E-state index is -1.17. The van der Waals surface area contributed by atoms with Gasteiger partial charge in [0.2, 0.25) is 11.8 Å². The van der Waals surface area contributed by atoms with Gasteiger partial charge in [-0.3, -0.25) is 14.4 Å². The maximum absolute atomic E-state index is 12.8. The molecule has 0 aromatic carbocycles. The maximum atomic E-state index is 12.8. The van der Waals surface area contributed by atoms with Crippen molar-refractivity contribution in [3.63, 3.8) is 0 Å². The number of nitrogens with one attached hydrogen (secondary N) is 1. The molecule has 4 N–H and O–H groups in total. The molecule has 0 bridgehead atoms. The summed E-state index contributed by atoms with van der Waals surface area (Å²) in [6.45, 7) is 9.67. The van der Waals surface area contributed by atoms with Crippen LogP contribution in [0.3, 0.4) is 0 Å². The lowest BCUT2D eigenvalue weighted by Gasteiger charge is -2.61. The molecule has 0 aliphatic carbocycles. The van der Waals surface area contributed by atoms with Crippen molar-refractivity contribution in [2.45, 2.75) is 68.7 Å². The number of carboxylic acid groups (broad SMARTS) is 1. The van der Waals surface area contributed by atoms with Crippen molar-refractivity contribution in [3.8, 4) is 0 Å². The Kier molecular flexibility index (Phi) is 5.74. The summed E-state index contributed by atoms with van der Waals surface area (Å²) in [5, 5.41) is 11.4. The van der Waals surface area contributed by atoms with Gasteiger partial charge in [0.15, 0.2) is 0 Å². The van der Waals surface area contributed by atoms with Crippen molar-refractivity contribution in [3.05, 3.63) is 0 Å². The number of hydrogen-bond donors (Lipinski definition) is 3. The molecule has 0 aromatic heterocycles. The third-order valence-corrected chi connectivity index (χ3v) is 5.63. The molecule has 1 aliphatic heterocycles. The predicted molar refractivity (Wildman–Crippen MR) is 90.1 cm³/mol. The fourth-order valence-corrected chi connectivity index (χ4v) is 5.79. The van der Waals surface area contributed by atoms with Crippen LogP contribution < -0.4 is 11.1 Å². The number of amides is 2. The van der Waals surface area contributed by atoms with E-state index in [4.69, 9.17) is 10.8 Å². The van der Waals surface area contributed by atoms with Gasteiger partial charge < -0.3 is 21.1 Å². The Bertz CT molecular complexity index is 493. The zero-order valence-corrected chi connectivity index (χ0v) is 15.4. The first-order valence-corrected chi connectivity index (χ1v) is 8.38. The van der Waals surface area contributed by atoms with E-state index in [-0.39, 0.29) is 21.4 Å². The van der Waals surface area contributed by atoms with Crippen LogP contribution in [0.15, 0.2) is 0 Å². The monoisotopic (exact) mass is 345 g/mol. The largest absolute Gasteiger partial charge is 0.481 e. The molecule has 2 atom stereocenters. The van der Waals surface area contributed by atoms with E-state index in [1.165, 1.54) is 11.9 Å². The molecule has 1 fully saturated rings. The van der Waals surface area contributed by atoms with Crippen LogP contribution in [0.1, 0.15) is 41.0 Å². The van der Waals surface area contributed by atoms with Crippen LogP contribution in [-0.2, 0) is 14.4 Å². The molecule has 0 unspecified atom stereocenters. The number of nitrogens with zero attached hydrogens (tertiary/aromatic N) is 1. The lowest BCUT2D eigenvalue weighted by molar-refractivity contribution is -0.148. The average molecular weight is 345 g/mol. The van der Waals surface area contributed by atoms with Crippen LogP contribution in [-0.4, -0.2) is 62.5 Å². The quantitative estimate of drug-likeness (QED) is 0.643. The summed E-state index contributed by atoms with van der Waals surface area (Å²) in [7, 11) is 1.50. The summed E-state index contributed by atoms with van der Waals surface area (Å²) in [5.74, 6) is -1.95. The molecule has 0 spiro atoms. The second-order valence-electron chi connectivity index (χ2n) is 6.95. The van der Waals surface area contributed by atoms with Crippen LogP contribution in [0.2, 0.25) is 0 Å². The Morgan fingerprint density at radius 3 is 2.09 bits per heavy atom. The molecule has 2 amide bonds. The Balaban J connectivity index is 3.20. The van der Waals surface area contributed by atoms with Gasteiger partial charge in [-0.05, 0) is 34.6 Å². The molecule has 0 saturated carbocycles. The zero-order chi connectivity index (χ0) is 18.2. The van der Waals surface area contributed by atoms with Crippen molar-refractivity contribution in [2.24, 2.45) is 5.73 Å². The highest BCUT2D eigenvalue weighted by Crippen LogP contribution is 2.57. The SMILES string of the molecule is CNC(=O)[C@@H](C)N(C(=O)[C@@H](N)CC(=O)O)C1C(C)(C)SC1(C)C. The number of carbonyl (C=O) groups excluding carboxylic acids is 2. The number of carbonyl (C=O) groups is 3. The van der Waals surface area contributed by atoms with E-state index >= 15 is 0 Å². The molecule has 1 heterocycles. The minimum absolute atomic E-state index is 0.223. The molecule has 1 saturated heterocycles. The number of aliphatic carboxylic acids is 1. The van der Waals surface area contributed by atoms with Gasteiger partial charge in [0, 0.05) is 16.5 Å². The van der Waals surface area contributed by atoms with Gasteiger partial charge in [-0.15, -0.1) is 11.8 Å². The van der Waals surface area contributed by atoms with E-state index in [1.807, 2.05) is 27.7 Å². The Morgan fingerprint density at radius 1 is 1.26 bits per heavy atom. The van der Waals surface area contributed by atoms with E-state index < -0.39 is 30.4 Å². The summed E-state index contributed by atoms with van der Waals surface area (Å²) in [6, 6.07) is -2.12. The molecule has 132 valence electrons. The summed E-state index contributed by atoms with van der Waals surface area (Å²) < 4.78 is -0.491. The van der Waals surface area contributed by atoms with Crippen molar-refractivity contribution in [1.29, 1.82) is 0 Å². The van der Waals surface area contributed by atoms with Crippen LogP contribution in [0.25, 0.3) is 0 Å². The predicted octanol–water partition coefficient (Wildman–Crippen LogP) is 0.424. The van der Waals surface area contributed by atoms with Gasteiger partial charge in [0.05, 0.1) is 18.5 Å². The normalized spacial score (nSPS) is 21.7. The molecule has 0 radical (unpaired) electrons. The van der Waals surface area contributed by atoms with Crippen LogP contribution >= 0.6 is 11.8 Å². The Morgan fingerprint density at radius 2 is 1.74 bits per heavy atom. The number of thioether (sulfide) groups is 1. The summed E-state index contributed by atoms with van der Waals surface area (Å²) in [5.41, 5.74) is 5.78. The Labute approximate surface area is 141 Å². The third kappa shape index (κ3) is 3.98. The van der Waals surface area contributed by atoms with E-state index in [9.17, 15) is 14.4 Å². The number of likely N-dealkylation sites (N-methyl/N-ethyl adjacent to an activating group) is 1. The van der Waals surface area contributed by atoms with Gasteiger partial charge in [-0.25, -0.2) is 0 Å². The van der Waals surface area contributed by atoms with Gasteiger partial charge >= 0.3 is 5.97 Å². The lowest BCUT2D eigenvalue weighted by Crippen LogP contribution is -2.72. The molecule has 23 heavy (non-hydrogen) atoms. The summed E-state index contributed by atoms with van der Waals surface area (Å²) in [6.07, 6.45) is -0.462. The highest BCUT2D eigenvalue weighted by atomic mass is 32.2. The highest BCUT2D eigenvalue weighted by molar-refractivity contribution is 8.03. The maximum Gasteiger partial charge on any atom is 0.305 e. The highest BCUT2D eigenvalue weighted by Gasteiger charge is 2.59. The summed E-state index contributed by atoms with van der Waals surface area (Å²) in [4.78, 5) is 37.2. The van der Waals surface area contributed by atoms with Crippen molar-refractivity contribution in [2.75, 3.05) is 7.05 Å². The van der Waals surface area contributed by atoms with Crippen molar-refractivity contribution in [1.82, 2.24) is 10.2 Å². The second kappa shape index (κ2) is 6.68. The molecular formula is C15H27N3O4S. The lowest BCUT2D eigenvalue weighted by atomic mass is 9.86. The fraction of sp³-hybridized carbons (Fsp3) is 0.800. The smallest absolute Gasteiger partial charge is 0.305 e. The van der Waals surface area contributed by atoms with Crippen LogP contribution in [0, 0.1) is 0 Å². The number of carboxylic acids is 1. The van der Waals surface area contributed by atoms with E-state index in [2.05, 4.69) is 5.32 Å². The molecular weight excluding hydrogens is 318 g/mol. The zero-order valence-electron chi connectivity index (χ0n) is 14.5. The topological polar surface area (TPSA) is 113 Å². The number of rotatable bonds is 6.